The number of amides is 2. The number of thiophene rings is 1. The van der Waals surface area contributed by atoms with E-state index in [1.165, 1.54) is 9.78 Å². The van der Waals surface area contributed by atoms with Crippen LogP contribution in [-0.4, -0.2) is 38.4 Å². The van der Waals surface area contributed by atoms with Gasteiger partial charge in [0.05, 0.1) is 24.1 Å². The smallest absolute Gasteiger partial charge is 0.319 e. The zero-order chi connectivity index (χ0) is 17.6. The summed E-state index contributed by atoms with van der Waals surface area (Å²) >= 11 is 1.75. The van der Waals surface area contributed by atoms with Crippen LogP contribution in [0.25, 0.3) is 0 Å². The number of urea groups is 1. The molecule has 1 fully saturated rings. The second-order valence-electron chi connectivity index (χ2n) is 6.52. The number of ether oxygens (including phenoxy) is 1. The Morgan fingerprint density at radius 2 is 2.04 bits per heavy atom. The summed E-state index contributed by atoms with van der Waals surface area (Å²) in [4.78, 5) is 15.2. The van der Waals surface area contributed by atoms with Gasteiger partial charge in [-0.05, 0) is 43.0 Å². The maximum Gasteiger partial charge on any atom is 0.319 e. The number of anilines is 1. The number of hydrogen-bond acceptors (Lipinski definition) is 3. The largest absolute Gasteiger partial charge is 0.370 e. The van der Waals surface area contributed by atoms with Crippen molar-refractivity contribution < 1.29 is 14.4 Å². The Balaban J connectivity index is 1.67. The summed E-state index contributed by atoms with van der Waals surface area (Å²) in [7, 11) is 0. The molecule has 0 unspecified atom stereocenters. The van der Waals surface area contributed by atoms with Crippen molar-refractivity contribution in [1.82, 2.24) is 5.32 Å². The van der Waals surface area contributed by atoms with E-state index in [1.807, 2.05) is 31.2 Å². The van der Waals surface area contributed by atoms with Crippen molar-refractivity contribution >= 4 is 23.1 Å². The molecule has 1 aromatic carbocycles. The van der Waals surface area contributed by atoms with Crippen LogP contribution in [0.4, 0.5) is 10.5 Å². The molecule has 25 heavy (non-hydrogen) atoms. The molecule has 2 heterocycles. The molecule has 6 heteroatoms. The summed E-state index contributed by atoms with van der Waals surface area (Å²) in [6, 6.07) is 12.2. The van der Waals surface area contributed by atoms with Crippen molar-refractivity contribution in [1.29, 1.82) is 0 Å². The molecule has 0 spiro atoms. The van der Waals surface area contributed by atoms with E-state index in [0.717, 1.165) is 37.6 Å². The lowest BCUT2D eigenvalue weighted by Gasteiger charge is -2.34. The molecule has 2 aromatic rings. The van der Waals surface area contributed by atoms with Gasteiger partial charge in [0.1, 0.15) is 19.1 Å². The fourth-order valence-electron chi connectivity index (χ4n) is 3.39. The second kappa shape index (κ2) is 8.47. The monoisotopic (exact) mass is 360 g/mol. The van der Waals surface area contributed by atoms with E-state index in [-0.39, 0.29) is 18.1 Å². The number of nitrogens with one attached hydrogen (secondary N) is 3. The molecule has 1 aliphatic heterocycles. The topological polar surface area (TPSA) is 54.8 Å². The number of aryl methyl sites for hydroxylation is 1. The molecule has 0 saturated carbocycles. The molecule has 0 bridgehead atoms. The number of hydrogen-bond donors (Lipinski definition) is 3. The maximum absolute atomic E-state index is 12.4. The van der Waals surface area contributed by atoms with E-state index < -0.39 is 0 Å². The lowest BCUT2D eigenvalue weighted by molar-refractivity contribution is -0.939. The third kappa shape index (κ3) is 4.81. The summed E-state index contributed by atoms with van der Waals surface area (Å²) < 4.78 is 5.50. The van der Waals surface area contributed by atoms with Gasteiger partial charge in [-0.25, -0.2) is 4.79 Å². The van der Waals surface area contributed by atoms with Gasteiger partial charge >= 0.3 is 6.03 Å². The van der Waals surface area contributed by atoms with Crippen molar-refractivity contribution in [2.45, 2.75) is 25.9 Å². The number of benzene rings is 1. The SMILES string of the molecule is Cc1cccc(NC(=O)N[C@@H](C)[C@H](c2cccs2)[NH+]2CCOCC2)c1. The van der Waals surface area contributed by atoms with Crippen LogP contribution >= 0.6 is 11.3 Å². The van der Waals surface area contributed by atoms with Crippen LogP contribution in [0.15, 0.2) is 41.8 Å². The fraction of sp³-hybridized carbons (Fsp3) is 0.421. The first-order chi connectivity index (χ1) is 12.1. The van der Waals surface area contributed by atoms with E-state index in [1.54, 1.807) is 11.3 Å². The molecule has 134 valence electrons. The second-order valence-corrected chi connectivity index (χ2v) is 7.50. The number of carbonyl (C=O) groups is 1. The lowest BCUT2D eigenvalue weighted by atomic mass is 10.1. The molecule has 5 nitrogen and oxygen atoms in total. The maximum atomic E-state index is 12.4. The Hall–Kier alpha value is -1.89. The average molecular weight is 361 g/mol. The van der Waals surface area contributed by atoms with Crippen molar-refractivity contribution in [2.75, 3.05) is 31.6 Å². The van der Waals surface area contributed by atoms with E-state index in [0.29, 0.717) is 0 Å². The van der Waals surface area contributed by atoms with E-state index in [9.17, 15) is 4.79 Å². The van der Waals surface area contributed by atoms with E-state index in [2.05, 4.69) is 35.1 Å². The van der Waals surface area contributed by atoms with Gasteiger partial charge in [0.15, 0.2) is 0 Å². The highest BCUT2D eigenvalue weighted by Gasteiger charge is 2.33. The summed E-state index contributed by atoms with van der Waals surface area (Å²) in [5, 5.41) is 8.16. The normalized spacial score (nSPS) is 17.7. The van der Waals surface area contributed by atoms with Crippen LogP contribution in [0.5, 0.6) is 0 Å². The highest BCUT2D eigenvalue weighted by atomic mass is 32.1. The summed E-state index contributed by atoms with van der Waals surface area (Å²) in [5.41, 5.74) is 1.94. The molecule has 1 saturated heterocycles. The summed E-state index contributed by atoms with van der Waals surface area (Å²) in [5.74, 6) is 0. The first-order valence-electron chi connectivity index (χ1n) is 8.73. The molecule has 3 rings (SSSR count). The van der Waals surface area contributed by atoms with Crippen LogP contribution in [0, 0.1) is 6.92 Å². The Kier molecular flexibility index (Phi) is 6.07. The lowest BCUT2D eigenvalue weighted by Crippen LogP contribution is -3.15. The van der Waals surface area contributed by atoms with E-state index >= 15 is 0 Å². The molecular weight excluding hydrogens is 334 g/mol. The van der Waals surface area contributed by atoms with Gasteiger partial charge in [-0.15, -0.1) is 11.3 Å². The highest BCUT2D eigenvalue weighted by Crippen LogP contribution is 2.20. The van der Waals surface area contributed by atoms with Crippen molar-refractivity contribution in [3.63, 3.8) is 0 Å². The number of rotatable bonds is 5. The summed E-state index contributed by atoms with van der Waals surface area (Å²) in [6.45, 7) is 7.59. The quantitative estimate of drug-likeness (QED) is 0.766. The predicted molar refractivity (Wildman–Crippen MR) is 101 cm³/mol. The van der Waals surface area contributed by atoms with Crippen LogP contribution < -0.4 is 15.5 Å². The number of carbonyl (C=O) groups excluding carboxylic acids is 1. The first kappa shape index (κ1) is 17.9. The average Bonchev–Trinajstić information content (AvgIpc) is 3.10. The minimum absolute atomic E-state index is 0.0246. The molecule has 2 atom stereocenters. The van der Waals surface area contributed by atoms with Crippen LogP contribution in [-0.2, 0) is 4.74 Å². The molecule has 2 amide bonds. The number of morpholine rings is 1. The minimum Gasteiger partial charge on any atom is -0.370 e. The zero-order valence-corrected chi connectivity index (χ0v) is 15.6. The highest BCUT2D eigenvalue weighted by molar-refractivity contribution is 7.10. The Morgan fingerprint density at radius 1 is 1.24 bits per heavy atom. The van der Waals surface area contributed by atoms with Crippen LogP contribution in [0.1, 0.15) is 23.4 Å². The van der Waals surface area contributed by atoms with Gasteiger partial charge in [0.25, 0.3) is 0 Å². The molecule has 0 aliphatic carbocycles. The van der Waals surface area contributed by atoms with Gasteiger partial charge in [0.2, 0.25) is 0 Å². The predicted octanol–water partition coefficient (Wildman–Crippen LogP) is 2.22. The van der Waals surface area contributed by atoms with Crippen LogP contribution in [0.2, 0.25) is 0 Å². The van der Waals surface area contributed by atoms with E-state index in [4.69, 9.17) is 4.74 Å². The molecule has 1 aromatic heterocycles. The molecule has 0 radical (unpaired) electrons. The zero-order valence-electron chi connectivity index (χ0n) is 14.7. The third-order valence-corrected chi connectivity index (χ3v) is 5.51. The summed E-state index contributed by atoms with van der Waals surface area (Å²) in [6.07, 6.45) is 0. The van der Waals surface area contributed by atoms with Crippen molar-refractivity contribution in [2.24, 2.45) is 0 Å². The Bertz CT molecular complexity index is 684. The standard InChI is InChI=1S/C19H25N3O2S/c1-14-5-3-6-16(13-14)21-19(23)20-15(2)18(17-7-4-12-25-17)22-8-10-24-11-9-22/h3-7,12-13,15,18H,8-11H2,1-2H3,(H2,20,21,23)/p+1/t15-,18+/m0/s1. The van der Waals surface area contributed by atoms with Crippen molar-refractivity contribution in [3.05, 3.63) is 52.2 Å². The first-order valence-corrected chi connectivity index (χ1v) is 9.61. The Labute approximate surface area is 153 Å². The van der Waals surface area contributed by atoms with Gasteiger partial charge in [-0.1, -0.05) is 18.2 Å². The third-order valence-electron chi connectivity index (χ3n) is 4.56. The van der Waals surface area contributed by atoms with Gasteiger partial charge < -0.3 is 20.3 Å². The van der Waals surface area contributed by atoms with Crippen LogP contribution in [0.3, 0.4) is 0 Å². The van der Waals surface area contributed by atoms with Gasteiger partial charge in [-0.3, -0.25) is 0 Å². The van der Waals surface area contributed by atoms with Crippen molar-refractivity contribution in [3.8, 4) is 0 Å². The number of quaternary nitrogens is 1. The molecule has 1 aliphatic rings. The van der Waals surface area contributed by atoms with Gasteiger partial charge in [0, 0.05) is 5.69 Å². The Morgan fingerprint density at radius 3 is 2.72 bits per heavy atom. The molecular formula is C19H26N3O2S+. The minimum atomic E-state index is -0.160. The molecule has 3 N–H and O–H groups in total. The van der Waals surface area contributed by atoms with Gasteiger partial charge in [-0.2, -0.15) is 0 Å². The fourth-order valence-corrected chi connectivity index (χ4v) is 4.38.